The van der Waals surface area contributed by atoms with E-state index < -0.39 is 0 Å². The van der Waals surface area contributed by atoms with Crippen molar-refractivity contribution in [3.05, 3.63) is 0 Å². The third kappa shape index (κ3) is 2.36. The molecular formula is C4H8S5. The molecule has 0 atom stereocenters. The molecule has 1 heterocycles. The van der Waals surface area contributed by atoms with Crippen LogP contribution in [0.3, 0.4) is 0 Å². The molecule has 0 saturated carbocycles. The van der Waals surface area contributed by atoms with Crippen LogP contribution in [0.25, 0.3) is 0 Å². The summed E-state index contributed by atoms with van der Waals surface area (Å²) in [6.45, 7) is 0. The third-order valence-electron chi connectivity index (χ3n) is 1.26. The van der Waals surface area contributed by atoms with E-state index in [9.17, 15) is 0 Å². The molecule has 0 unspecified atom stereocenters. The van der Waals surface area contributed by atoms with Gasteiger partial charge in [-0.3, -0.25) is 0 Å². The summed E-state index contributed by atoms with van der Waals surface area (Å²) in [5.74, 6) is 3.44. The normalized spacial score (nSPS) is 20.3. The highest BCUT2D eigenvalue weighted by Gasteiger charge is 2.27. The Labute approximate surface area is 78.3 Å². The molecule has 0 aromatic rings. The minimum Gasteiger partial charge on any atom is -0.161 e. The summed E-state index contributed by atoms with van der Waals surface area (Å²) >= 11 is 10.3. The Bertz CT molecular complexity index is 77.0. The van der Waals surface area contributed by atoms with E-state index in [-0.39, 0.29) is 0 Å². The van der Waals surface area contributed by atoms with Crippen molar-refractivity contribution in [1.29, 1.82) is 0 Å². The average molecular weight is 216 g/mol. The summed E-state index contributed by atoms with van der Waals surface area (Å²) in [6.07, 6.45) is 0. The Balaban J connectivity index is 2.19. The highest BCUT2D eigenvalue weighted by atomic mass is 33.1. The maximum absolute atomic E-state index is 4.16. The first-order valence-electron chi connectivity index (χ1n) is 2.56. The molecule has 0 radical (unpaired) electrons. The Hall–Kier alpha value is 1.75. The fourth-order valence-corrected chi connectivity index (χ4v) is 5.28. The quantitative estimate of drug-likeness (QED) is 0.423. The highest BCUT2D eigenvalue weighted by Crippen LogP contribution is 2.42. The summed E-state index contributed by atoms with van der Waals surface area (Å²) in [5, 5.41) is 0. The van der Waals surface area contributed by atoms with Gasteiger partial charge in [0.2, 0.25) is 0 Å². The zero-order chi connectivity index (χ0) is 6.69. The van der Waals surface area contributed by atoms with Gasteiger partial charge in [0.1, 0.15) is 0 Å². The summed E-state index contributed by atoms with van der Waals surface area (Å²) < 4.78 is 0.595. The van der Waals surface area contributed by atoms with Crippen LogP contribution in [0.1, 0.15) is 0 Å². The van der Waals surface area contributed by atoms with Crippen LogP contribution in [0.2, 0.25) is 0 Å². The highest BCUT2D eigenvalue weighted by molar-refractivity contribution is 8.78. The number of hydrogen-bond donors (Lipinski definition) is 2. The van der Waals surface area contributed by atoms with Gasteiger partial charge < -0.3 is 0 Å². The van der Waals surface area contributed by atoms with Crippen molar-refractivity contribution >= 4 is 56.7 Å². The first kappa shape index (κ1) is 8.84. The fraction of sp³-hybridized carbons (Fsp3) is 1.00. The number of thioether (sulfide) groups is 1. The zero-order valence-corrected chi connectivity index (χ0v) is 8.93. The van der Waals surface area contributed by atoms with Gasteiger partial charge >= 0.3 is 0 Å². The SMILES string of the molecule is SSC(SS)C1CSC1. The zero-order valence-electron chi connectivity index (χ0n) is 4.69. The van der Waals surface area contributed by atoms with E-state index >= 15 is 0 Å². The summed E-state index contributed by atoms with van der Waals surface area (Å²) in [6, 6.07) is 0. The van der Waals surface area contributed by atoms with Crippen molar-refractivity contribution in [2.45, 2.75) is 4.58 Å². The van der Waals surface area contributed by atoms with Crippen molar-refractivity contribution in [2.24, 2.45) is 5.92 Å². The monoisotopic (exact) mass is 216 g/mol. The molecule has 0 aromatic heterocycles. The molecule has 0 bridgehead atoms. The van der Waals surface area contributed by atoms with E-state index in [1.165, 1.54) is 11.5 Å². The van der Waals surface area contributed by atoms with Crippen molar-refractivity contribution in [1.82, 2.24) is 0 Å². The first-order valence-corrected chi connectivity index (χ1v) is 7.58. The molecule has 1 saturated heterocycles. The lowest BCUT2D eigenvalue weighted by atomic mass is 10.2. The van der Waals surface area contributed by atoms with E-state index in [2.05, 4.69) is 23.3 Å². The average Bonchev–Trinajstić information content (AvgIpc) is 1.78. The maximum atomic E-state index is 4.16. The molecule has 0 amide bonds. The molecular weight excluding hydrogens is 208 g/mol. The number of hydrogen-bond acceptors (Lipinski definition) is 5. The summed E-state index contributed by atoms with van der Waals surface area (Å²) in [4.78, 5) is 0. The van der Waals surface area contributed by atoms with Gasteiger partial charge in [-0.1, -0.05) is 21.6 Å². The molecule has 1 fully saturated rings. The minimum absolute atomic E-state index is 0.595. The van der Waals surface area contributed by atoms with E-state index in [4.69, 9.17) is 0 Å². The van der Waals surface area contributed by atoms with Gasteiger partial charge in [0.05, 0.1) is 4.58 Å². The molecule has 9 heavy (non-hydrogen) atoms. The molecule has 1 aliphatic rings. The lowest BCUT2D eigenvalue weighted by molar-refractivity contribution is 0.712. The molecule has 1 rings (SSSR count). The standard InChI is InChI=1S/C4H8S5/c5-8-4(9-6)3-1-7-2-3/h3-6H,1-2H2. The third-order valence-corrected chi connectivity index (χ3v) is 6.57. The topological polar surface area (TPSA) is 0 Å². The molecule has 5 heteroatoms. The predicted octanol–water partition coefficient (Wildman–Crippen LogP) is 2.83. The van der Waals surface area contributed by atoms with Crippen molar-refractivity contribution < 1.29 is 0 Å². The largest absolute Gasteiger partial charge is 0.161 e. The van der Waals surface area contributed by atoms with Crippen LogP contribution >= 0.6 is 56.7 Å². The van der Waals surface area contributed by atoms with Crippen LogP contribution < -0.4 is 0 Å². The van der Waals surface area contributed by atoms with Gasteiger partial charge in [0.25, 0.3) is 0 Å². The van der Waals surface area contributed by atoms with Crippen LogP contribution in [-0.4, -0.2) is 16.1 Å². The molecule has 0 nitrogen and oxygen atoms in total. The van der Waals surface area contributed by atoms with Gasteiger partial charge in [-0.25, -0.2) is 0 Å². The molecule has 0 spiro atoms. The lowest BCUT2D eigenvalue weighted by Gasteiger charge is -2.29. The van der Waals surface area contributed by atoms with Crippen LogP contribution in [0.4, 0.5) is 0 Å². The van der Waals surface area contributed by atoms with E-state index in [1.807, 2.05) is 11.8 Å². The van der Waals surface area contributed by atoms with Gasteiger partial charge in [-0.2, -0.15) is 11.8 Å². The maximum Gasteiger partial charge on any atom is 0.0748 e. The van der Waals surface area contributed by atoms with Crippen molar-refractivity contribution in [3.8, 4) is 0 Å². The van der Waals surface area contributed by atoms with Crippen molar-refractivity contribution in [2.75, 3.05) is 11.5 Å². The fourth-order valence-electron chi connectivity index (χ4n) is 0.602. The van der Waals surface area contributed by atoms with Crippen LogP contribution in [0.5, 0.6) is 0 Å². The second-order valence-electron chi connectivity index (χ2n) is 1.88. The van der Waals surface area contributed by atoms with E-state index in [0.717, 1.165) is 5.92 Å². The predicted molar refractivity (Wildman–Crippen MR) is 57.8 cm³/mol. The van der Waals surface area contributed by atoms with Crippen LogP contribution in [-0.2, 0) is 0 Å². The molecule has 0 aliphatic carbocycles. The first-order chi connectivity index (χ1) is 4.38. The van der Waals surface area contributed by atoms with Crippen LogP contribution in [0.15, 0.2) is 0 Å². The molecule has 0 aromatic carbocycles. The Morgan fingerprint density at radius 1 is 1.33 bits per heavy atom. The van der Waals surface area contributed by atoms with Gasteiger partial charge in [-0.05, 0) is 17.4 Å². The lowest BCUT2D eigenvalue weighted by Crippen LogP contribution is -2.25. The number of thiol groups is 2. The van der Waals surface area contributed by atoms with E-state index in [1.54, 1.807) is 21.6 Å². The van der Waals surface area contributed by atoms with Crippen molar-refractivity contribution in [3.63, 3.8) is 0 Å². The molecule has 0 N–H and O–H groups in total. The van der Waals surface area contributed by atoms with Crippen LogP contribution in [0, 0.1) is 5.92 Å². The Morgan fingerprint density at radius 3 is 2.00 bits per heavy atom. The van der Waals surface area contributed by atoms with Gasteiger partial charge in [0.15, 0.2) is 0 Å². The second-order valence-corrected chi connectivity index (χ2v) is 5.95. The van der Waals surface area contributed by atoms with E-state index in [0.29, 0.717) is 4.58 Å². The minimum atomic E-state index is 0.595. The summed E-state index contributed by atoms with van der Waals surface area (Å²) in [5.41, 5.74) is 0. The molecule has 1 aliphatic heterocycles. The smallest absolute Gasteiger partial charge is 0.0748 e. The van der Waals surface area contributed by atoms with Gasteiger partial charge in [0, 0.05) is 0 Å². The Morgan fingerprint density at radius 2 is 1.89 bits per heavy atom. The second kappa shape index (κ2) is 4.59. The molecule has 54 valence electrons. The van der Waals surface area contributed by atoms with Gasteiger partial charge in [-0.15, -0.1) is 23.3 Å². The number of rotatable bonds is 3. The Kier molecular flexibility index (Phi) is 4.51. The summed E-state index contributed by atoms with van der Waals surface area (Å²) in [7, 11) is 3.24.